The van der Waals surface area contributed by atoms with Crippen molar-refractivity contribution in [1.82, 2.24) is 0 Å². The van der Waals surface area contributed by atoms with Crippen molar-refractivity contribution in [2.45, 2.75) is 88.7 Å². The second-order valence-electron chi connectivity index (χ2n) is 11.2. The maximum atomic E-state index is 13.0. The zero-order valence-corrected chi connectivity index (χ0v) is 22.2. The summed E-state index contributed by atoms with van der Waals surface area (Å²) in [4.78, 5) is 37.3. The number of aliphatic hydroxyl groups is 3. The van der Waals surface area contributed by atoms with E-state index in [2.05, 4.69) is 0 Å². The molecular formula is C28H36O10. The molecule has 3 fully saturated rings. The Morgan fingerprint density at radius 2 is 1.71 bits per heavy atom. The van der Waals surface area contributed by atoms with E-state index in [4.69, 9.17) is 18.9 Å². The molecule has 1 saturated heterocycles. The number of carbonyl (C=O) groups is 3. The third-order valence-electron chi connectivity index (χ3n) is 8.41. The van der Waals surface area contributed by atoms with E-state index in [0.29, 0.717) is 0 Å². The number of rotatable bonds is 6. The fourth-order valence-corrected chi connectivity index (χ4v) is 6.95. The molecular weight excluding hydrogens is 496 g/mol. The molecule has 4 rings (SSSR count). The number of carbonyl (C=O) groups excluding carboxylic acids is 3. The van der Waals surface area contributed by atoms with Gasteiger partial charge in [0, 0.05) is 19.9 Å². The number of benzene rings is 1. The predicted molar refractivity (Wildman–Crippen MR) is 133 cm³/mol. The first-order valence-electron chi connectivity index (χ1n) is 12.7. The van der Waals surface area contributed by atoms with Crippen molar-refractivity contribution in [3.05, 3.63) is 42.0 Å². The lowest BCUT2D eigenvalue weighted by Gasteiger charge is -2.65. The summed E-state index contributed by atoms with van der Waals surface area (Å²) in [5.74, 6) is -3.07. The van der Waals surface area contributed by atoms with Gasteiger partial charge in [0.05, 0.1) is 29.3 Å². The standard InChI is InChI=1S/C28H36O10/c1-16(29)35-15-27-19(37-20(31)12-11-18-9-7-6-8-10-18)13-14-26(5,34)28(27)24(36-17(2)30)21(22(32)23(27)33)25(3,4)38-28/h6-12,19,21-24,32-34H,13-15H2,1-5H3/b12-11+/t19-,21+,22+,23+,24+,26-,27-,28-/m0/s1. The van der Waals surface area contributed by atoms with Crippen molar-refractivity contribution in [3.63, 3.8) is 0 Å². The monoisotopic (exact) mass is 532 g/mol. The molecule has 2 aliphatic carbocycles. The quantitative estimate of drug-likeness (QED) is 0.280. The lowest BCUT2D eigenvalue weighted by atomic mass is 9.46. The number of hydrogen-bond donors (Lipinski definition) is 3. The molecule has 10 nitrogen and oxygen atoms in total. The molecule has 1 heterocycles. The number of esters is 3. The van der Waals surface area contributed by atoms with Gasteiger partial charge >= 0.3 is 17.9 Å². The topological polar surface area (TPSA) is 149 Å². The van der Waals surface area contributed by atoms with Crippen molar-refractivity contribution in [1.29, 1.82) is 0 Å². The molecule has 1 aromatic rings. The largest absolute Gasteiger partial charge is 0.465 e. The maximum absolute atomic E-state index is 13.0. The van der Waals surface area contributed by atoms with Crippen molar-refractivity contribution < 1.29 is 48.7 Å². The summed E-state index contributed by atoms with van der Waals surface area (Å²) in [6.07, 6.45) is -2.77. The lowest BCUT2D eigenvalue weighted by Crippen LogP contribution is -2.83. The number of fused-ring (bicyclic) bond motifs is 1. The minimum absolute atomic E-state index is 0.0402. The van der Waals surface area contributed by atoms with Crippen molar-refractivity contribution in [2.75, 3.05) is 6.61 Å². The van der Waals surface area contributed by atoms with Gasteiger partial charge < -0.3 is 34.3 Å². The molecule has 2 saturated carbocycles. The molecule has 0 aromatic heterocycles. The van der Waals surface area contributed by atoms with Crippen molar-refractivity contribution >= 4 is 24.0 Å². The number of ether oxygens (including phenoxy) is 4. The summed E-state index contributed by atoms with van der Waals surface area (Å²) >= 11 is 0. The molecule has 8 atom stereocenters. The van der Waals surface area contributed by atoms with Gasteiger partial charge in [-0.25, -0.2) is 4.79 Å². The van der Waals surface area contributed by atoms with Gasteiger partial charge in [-0.3, -0.25) is 9.59 Å². The second kappa shape index (κ2) is 9.75. The SMILES string of the molecule is CC(=O)OC[C@@]12[C@@H](OC(=O)/C=C/c3ccccc3)CC[C@](C)(O)[C@]13OC(C)(C)[C@H]([C@@H](O)[C@H]2O)[C@H]3OC(C)=O. The van der Waals surface area contributed by atoms with Crippen LogP contribution in [0.2, 0.25) is 0 Å². The van der Waals surface area contributed by atoms with E-state index in [9.17, 15) is 29.7 Å². The first-order valence-corrected chi connectivity index (χ1v) is 12.7. The van der Waals surface area contributed by atoms with E-state index < -0.39 is 77.1 Å². The third kappa shape index (κ3) is 4.23. The Bertz CT molecular complexity index is 1110. The van der Waals surface area contributed by atoms with Crippen LogP contribution in [0.5, 0.6) is 0 Å². The Kier molecular flexibility index (Phi) is 7.24. The number of aliphatic hydroxyl groups excluding tert-OH is 2. The van der Waals surface area contributed by atoms with Gasteiger partial charge in [-0.05, 0) is 45.3 Å². The van der Waals surface area contributed by atoms with E-state index in [1.807, 2.05) is 18.2 Å². The summed E-state index contributed by atoms with van der Waals surface area (Å²) in [6.45, 7) is 6.60. The molecule has 10 heteroatoms. The van der Waals surface area contributed by atoms with Gasteiger partial charge in [-0.15, -0.1) is 0 Å². The van der Waals surface area contributed by atoms with E-state index in [1.165, 1.54) is 26.8 Å². The summed E-state index contributed by atoms with van der Waals surface area (Å²) in [6, 6.07) is 9.08. The van der Waals surface area contributed by atoms with Crippen LogP contribution in [-0.2, 0) is 33.3 Å². The van der Waals surface area contributed by atoms with E-state index >= 15 is 0 Å². The molecule has 0 radical (unpaired) electrons. The molecule has 0 unspecified atom stereocenters. The van der Waals surface area contributed by atoms with Crippen LogP contribution < -0.4 is 0 Å². The molecule has 2 bridgehead atoms. The summed E-state index contributed by atoms with van der Waals surface area (Å²) in [5, 5.41) is 35.1. The summed E-state index contributed by atoms with van der Waals surface area (Å²) in [5.41, 5.74) is -5.97. The average molecular weight is 533 g/mol. The van der Waals surface area contributed by atoms with Crippen LogP contribution in [0.3, 0.4) is 0 Å². The first kappa shape index (κ1) is 28.2. The van der Waals surface area contributed by atoms with Crippen molar-refractivity contribution in [3.8, 4) is 0 Å². The van der Waals surface area contributed by atoms with Gasteiger partial charge in [0.25, 0.3) is 0 Å². The molecule has 0 amide bonds. The van der Waals surface area contributed by atoms with Crippen LogP contribution in [-0.4, -0.2) is 81.1 Å². The molecule has 3 aliphatic rings. The highest BCUT2D eigenvalue weighted by molar-refractivity contribution is 5.87. The summed E-state index contributed by atoms with van der Waals surface area (Å²) in [7, 11) is 0. The Hall–Kier alpha value is -2.79. The lowest BCUT2D eigenvalue weighted by molar-refractivity contribution is -0.349. The average Bonchev–Trinajstić information content (AvgIpc) is 3.04. The Labute approximate surface area is 221 Å². The molecule has 1 spiro atoms. The van der Waals surface area contributed by atoms with E-state index in [1.54, 1.807) is 32.1 Å². The van der Waals surface area contributed by atoms with Gasteiger partial charge in [0.2, 0.25) is 0 Å². The van der Waals surface area contributed by atoms with Crippen LogP contribution in [0.1, 0.15) is 53.0 Å². The Morgan fingerprint density at radius 1 is 1.05 bits per heavy atom. The van der Waals surface area contributed by atoms with Crippen LogP contribution in [0.4, 0.5) is 0 Å². The zero-order chi connectivity index (χ0) is 28.1. The van der Waals surface area contributed by atoms with Gasteiger partial charge in [-0.2, -0.15) is 0 Å². The normalized spacial score (nSPS) is 39.3. The zero-order valence-electron chi connectivity index (χ0n) is 22.2. The smallest absolute Gasteiger partial charge is 0.331 e. The van der Waals surface area contributed by atoms with Crippen molar-refractivity contribution in [2.24, 2.45) is 11.3 Å². The first-order chi connectivity index (χ1) is 17.7. The number of hydrogen-bond acceptors (Lipinski definition) is 10. The highest BCUT2D eigenvalue weighted by atomic mass is 16.6. The fourth-order valence-electron chi connectivity index (χ4n) is 6.95. The molecule has 208 valence electrons. The minimum Gasteiger partial charge on any atom is -0.465 e. The Balaban J connectivity index is 1.86. The van der Waals surface area contributed by atoms with Crippen LogP contribution in [0.25, 0.3) is 6.08 Å². The molecule has 1 aliphatic heterocycles. The third-order valence-corrected chi connectivity index (χ3v) is 8.41. The van der Waals surface area contributed by atoms with Gasteiger partial charge in [0.15, 0.2) is 0 Å². The van der Waals surface area contributed by atoms with Gasteiger partial charge in [-0.1, -0.05) is 30.3 Å². The predicted octanol–water partition coefficient (Wildman–Crippen LogP) is 1.54. The molecule has 3 N–H and O–H groups in total. The van der Waals surface area contributed by atoms with E-state index in [0.717, 1.165) is 5.56 Å². The fraction of sp³-hybridized carbons (Fsp3) is 0.607. The molecule has 1 aromatic carbocycles. The minimum atomic E-state index is -1.90. The summed E-state index contributed by atoms with van der Waals surface area (Å²) < 4.78 is 23.6. The van der Waals surface area contributed by atoms with E-state index in [-0.39, 0.29) is 12.8 Å². The van der Waals surface area contributed by atoms with Gasteiger partial charge in [0.1, 0.15) is 29.8 Å². The van der Waals surface area contributed by atoms with Crippen LogP contribution >= 0.6 is 0 Å². The maximum Gasteiger partial charge on any atom is 0.331 e. The van der Waals surface area contributed by atoms with Crippen LogP contribution in [0.15, 0.2) is 36.4 Å². The second-order valence-corrected chi connectivity index (χ2v) is 11.2. The Morgan fingerprint density at radius 3 is 2.32 bits per heavy atom. The van der Waals surface area contributed by atoms with Crippen LogP contribution in [0, 0.1) is 11.3 Å². The molecule has 38 heavy (non-hydrogen) atoms. The highest BCUT2D eigenvalue weighted by Gasteiger charge is 2.85. The highest BCUT2D eigenvalue weighted by Crippen LogP contribution is 2.68.